The van der Waals surface area contributed by atoms with Crippen LogP contribution in [0.2, 0.25) is 0 Å². The summed E-state index contributed by atoms with van der Waals surface area (Å²) in [6.07, 6.45) is 0.935. The van der Waals surface area contributed by atoms with Gasteiger partial charge in [0.25, 0.3) is 11.6 Å². The maximum Gasteiger partial charge on any atom is 0.418 e. The first-order valence-electron chi connectivity index (χ1n) is 9.82. The maximum absolute atomic E-state index is 12.7. The zero-order valence-electron chi connectivity index (χ0n) is 17.6. The Morgan fingerprint density at radius 3 is 2.29 bits per heavy atom. The predicted molar refractivity (Wildman–Crippen MR) is 113 cm³/mol. The van der Waals surface area contributed by atoms with Crippen molar-refractivity contribution in [3.05, 3.63) is 87.7 Å². The van der Waals surface area contributed by atoms with Gasteiger partial charge in [0.15, 0.2) is 0 Å². The van der Waals surface area contributed by atoms with Crippen LogP contribution in [0.15, 0.2) is 66.4 Å². The fraction of sp³-hybridized carbons (Fsp3) is 0.304. The molecule has 1 atom stereocenters. The molecule has 0 fully saturated rings. The van der Waals surface area contributed by atoms with E-state index in [2.05, 4.69) is 0 Å². The van der Waals surface area contributed by atoms with Crippen molar-refractivity contribution < 1.29 is 24.0 Å². The number of nitrogens with zero attached hydrogens (tertiary/aromatic N) is 2. The average molecular weight is 424 g/mol. The first-order chi connectivity index (χ1) is 14.6. The van der Waals surface area contributed by atoms with Gasteiger partial charge in [0, 0.05) is 24.6 Å². The second-order valence-corrected chi connectivity index (χ2v) is 8.15. The molecule has 0 aliphatic carbocycles. The quantitative estimate of drug-likeness (QED) is 0.504. The van der Waals surface area contributed by atoms with Gasteiger partial charge in [0.2, 0.25) is 0 Å². The Kier molecular flexibility index (Phi) is 6.39. The molecular formula is C23H24N2O6. The van der Waals surface area contributed by atoms with Crippen molar-refractivity contribution in [2.75, 3.05) is 0 Å². The molecule has 162 valence electrons. The van der Waals surface area contributed by atoms with Crippen molar-refractivity contribution in [3.8, 4) is 0 Å². The van der Waals surface area contributed by atoms with Gasteiger partial charge in [-0.15, -0.1) is 0 Å². The molecule has 8 heteroatoms. The van der Waals surface area contributed by atoms with E-state index in [1.54, 1.807) is 32.9 Å². The smallest absolute Gasteiger partial charge is 0.418 e. The Hall–Kier alpha value is -3.68. The van der Waals surface area contributed by atoms with Crippen molar-refractivity contribution >= 4 is 17.7 Å². The van der Waals surface area contributed by atoms with Crippen LogP contribution < -0.4 is 0 Å². The third kappa shape index (κ3) is 5.69. The number of benzene rings is 2. The molecule has 0 saturated carbocycles. The molecule has 2 amide bonds. The number of non-ortho nitro benzene ring substituents is 1. The van der Waals surface area contributed by atoms with Crippen LogP contribution in [0.5, 0.6) is 0 Å². The number of nitro groups is 1. The molecule has 1 unspecified atom stereocenters. The summed E-state index contributed by atoms with van der Waals surface area (Å²) in [5, 5.41) is 10.8. The van der Waals surface area contributed by atoms with Gasteiger partial charge in [0.05, 0.1) is 4.92 Å². The second-order valence-electron chi connectivity index (χ2n) is 8.15. The molecule has 8 nitrogen and oxygen atoms in total. The van der Waals surface area contributed by atoms with E-state index in [1.807, 2.05) is 30.3 Å². The summed E-state index contributed by atoms with van der Waals surface area (Å²) in [7, 11) is 0. The number of hydrogen-bond donors (Lipinski definition) is 0. The Labute approximate surface area is 180 Å². The molecular weight excluding hydrogens is 400 g/mol. The van der Waals surface area contributed by atoms with Crippen LogP contribution >= 0.6 is 0 Å². The van der Waals surface area contributed by atoms with Crippen molar-refractivity contribution in [2.45, 2.75) is 45.4 Å². The molecule has 3 rings (SSSR count). The van der Waals surface area contributed by atoms with Gasteiger partial charge < -0.3 is 9.47 Å². The normalized spacial score (nSPS) is 16.1. The molecule has 0 spiro atoms. The maximum atomic E-state index is 12.7. The highest BCUT2D eigenvalue weighted by Crippen LogP contribution is 2.27. The first-order valence-corrected chi connectivity index (χ1v) is 9.82. The Bertz CT molecular complexity index is 993. The van der Waals surface area contributed by atoms with E-state index < -0.39 is 28.6 Å². The average Bonchev–Trinajstić information content (AvgIpc) is 3.01. The number of hydrogen-bond acceptors (Lipinski definition) is 6. The molecule has 2 aromatic rings. The summed E-state index contributed by atoms with van der Waals surface area (Å²) in [6, 6.07) is 14.8. The number of imide groups is 1. The summed E-state index contributed by atoms with van der Waals surface area (Å²) >= 11 is 0. The lowest BCUT2D eigenvalue weighted by atomic mass is 10.0. The molecule has 0 bridgehead atoms. The fourth-order valence-electron chi connectivity index (χ4n) is 3.14. The van der Waals surface area contributed by atoms with Gasteiger partial charge in [-0.1, -0.05) is 30.3 Å². The third-order valence-electron chi connectivity index (χ3n) is 4.56. The summed E-state index contributed by atoms with van der Waals surface area (Å²) in [5.41, 5.74) is 0.864. The molecule has 0 N–H and O–H groups in total. The van der Waals surface area contributed by atoms with Crippen LogP contribution in [-0.4, -0.2) is 33.5 Å². The highest BCUT2D eigenvalue weighted by atomic mass is 16.6. The minimum absolute atomic E-state index is 0.0166. The van der Waals surface area contributed by atoms with Gasteiger partial charge in [-0.2, -0.15) is 0 Å². The Morgan fingerprint density at radius 1 is 1.06 bits per heavy atom. The molecule has 0 radical (unpaired) electrons. The van der Waals surface area contributed by atoms with Crippen LogP contribution in [0.3, 0.4) is 0 Å². The van der Waals surface area contributed by atoms with Gasteiger partial charge in [0.1, 0.15) is 24.0 Å². The van der Waals surface area contributed by atoms with E-state index in [0.29, 0.717) is 17.7 Å². The SMILES string of the molecule is CC(C)(C)OC(=O)N1C(=O)C=C(OCc2ccc([N+](=O)[O-])cc2)C1Cc1ccccc1. The highest BCUT2D eigenvalue weighted by molar-refractivity contribution is 6.02. The monoisotopic (exact) mass is 424 g/mol. The third-order valence-corrected chi connectivity index (χ3v) is 4.56. The number of rotatable bonds is 6. The van der Waals surface area contributed by atoms with Crippen molar-refractivity contribution in [1.82, 2.24) is 4.90 Å². The molecule has 1 heterocycles. The zero-order chi connectivity index (χ0) is 22.6. The van der Waals surface area contributed by atoms with E-state index >= 15 is 0 Å². The lowest BCUT2D eigenvalue weighted by molar-refractivity contribution is -0.384. The van der Waals surface area contributed by atoms with Crippen molar-refractivity contribution in [1.29, 1.82) is 0 Å². The van der Waals surface area contributed by atoms with Crippen LogP contribution in [0.4, 0.5) is 10.5 Å². The van der Waals surface area contributed by atoms with Gasteiger partial charge in [-0.05, 0) is 44.0 Å². The van der Waals surface area contributed by atoms with Crippen molar-refractivity contribution in [3.63, 3.8) is 0 Å². The van der Waals surface area contributed by atoms with E-state index in [-0.39, 0.29) is 12.3 Å². The van der Waals surface area contributed by atoms with E-state index in [1.165, 1.54) is 18.2 Å². The summed E-state index contributed by atoms with van der Waals surface area (Å²) in [6.45, 7) is 5.30. The number of nitro benzene ring substituents is 1. The van der Waals surface area contributed by atoms with E-state index in [4.69, 9.17) is 9.47 Å². The molecule has 1 aliphatic heterocycles. The topological polar surface area (TPSA) is 99.0 Å². The van der Waals surface area contributed by atoms with Crippen LogP contribution in [0.1, 0.15) is 31.9 Å². The molecule has 2 aromatic carbocycles. The zero-order valence-corrected chi connectivity index (χ0v) is 17.6. The Balaban J connectivity index is 1.79. The first kappa shape index (κ1) is 22.0. The fourth-order valence-corrected chi connectivity index (χ4v) is 3.14. The van der Waals surface area contributed by atoms with E-state index in [0.717, 1.165) is 10.5 Å². The number of amides is 2. The number of carbonyl (C=O) groups excluding carboxylic acids is 2. The summed E-state index contributed by atoms with van der Waals surface area (Å²) < 4.78 is 11.3. The van der Waals surface area contributed by atoms with Gasteiger partial charge >= 0.3 is 6.09 Å². The van der Waals surface area contributed by atoms with Crippen LogP contribution in [0.25, 0.3) is 0 Å². The van der Waals surface area contributed by atoms with Gasteiger partial charge in [-0.3, -0.25) is 14.9 Å². The lowest BCUT2D eigenvalue weighted by Gasteiger charge is -2.28. The molecule has 1 aliphatic rings. The van der Waals surface area contributed by atoms with E-state index in [9.17, 15) is 19.7 Å². The summed E-state index contributed by atoms with van der Waals surface area (Å²) in [5.74, 6) is -0.160. The lowest BCUT2D eigenvalue weighted by Crippen LogP contribution is -2.44. The number of ether oxygens (including phenoxy) is 2. The summed E-state index contributed by atoms with van der Waals surface area (Å²) in [4.78, 5) is 36.8. The molecule has 0 saturated heterocycles. The van der Waals surface area contributed by atoms with Crippen LogP contribution in [0, 0.1) is 10.1 Å². The van der Waals surface area contributed by atoms with Gasteiger partial charge in [-0.25, -0.2) is 9.69 Å². The molecule has 0 aromatic heterocycles. The van der Waals surface area contributed by atoms with Crippen molar-refractivity contribution in [2.24, 2.45) is 0 Å². The predicted octanol–water partition coefficient (Wildman–Crippen LogP) is 4.38. The largest absolute Gasteiger partial charge is 0.491 e. The Morgan fingerprint density at radius 2 is 1.71 bits per heavy atom. The minimum Gasteiger partial charge on any atom is -0.491 e. The second kappa shape index (κ2) is 8.99. The standard InChI is InChI=1S/C23H24N2O6/c1-23(2,3)31-22(27)24-19(13-16-7-5-4-6-8-16)20(14-21(24)26)30-15-17-9-11-18(12-10-17)25(28)29/h4-12,14,19H,13,15H2,1-3H3. The number of carbonyl (C=O) groups is 2. The molecule has 31 heavy (non-hydrogen) atoms. The van der Waals surface area contributed by atoms with Crippen LogP contribution in [-0.2, 0) is 27.3 Å². The minimum atomic E-state index is -0.753. The highest BCUT2D eigenvalue weighted by Gasteiger charge is 2.41.